The minimum Gasteiger partial charge on any atom is -0.395 e. The van der Waals surface area contributed by atoms with Crippen LogP contribution in [0.2, 0.25) is 10.0 Å². The van der Waals surface area contributed by atoms with Crippen LogP contribution in [-0.4, -0.2) is 28.3 Å². The lowest BCUT2D eigenvalue weighted by Crippen LogP contribution is -2.36. The van der Waals surface area contributed by atoms with Crippen LogP contribution in [0.15, 0.2) is 48.5 Å². The van der Waals surface area contributed by atoms with Gasteiger partial charge in [-0.25, -0.2) is 0 Å². The van der Waals surface area contributed by atoms with Gasteiger partial charge >= 0.3 is 0 Å². The van der Waals surface area contributed by atoms with E-state index >= 15 is 0 Å². The van der Waals surface area contributed by atoms with E-state index in [4.69, 9.17) is 35.4 Å². The standard InChI is InChI=1S/C16H16Cl2N2OS/c17-14-7-6-13(10-15(14)18)19-16(22)20(8-9-21)11-12-4-2-1-3-5-12/h1-7,10,21H,8-9,11H2,(H,19,22). The van der Waals surface area contributed by atoms with Crippen molar-refractivity contribution in [1.82, 2.24) is 4.90 Å². The molecule has 0 atom stereocenters. The molecule has 0 saturated carbocycles. The molecule has 0 saturated heterocycles. The van der Waals surface area contributed by atoms with Gasteiger partial charge in [0.2, 0.25) is 0 Å². The molecule has 0 bridgehead atoms. The van der Waals surface area contributed by atoms with Crippen molar-refractivity contribution >= 4 is 46.2 Å². The second-order valence-electron chi connectivity index (χ2n) is 4.69. The Morgan fingerprint density at radius 3 is 2.45 bits per heavy atom. The minimum absolute atomic E-state index is 0.0238. The lowest BCUT2D eigenvalue weighted by molar-refractivity contribution is 0.248. The molecule has 3 nitrogen and oxygen atoms in total. The Kier molecular flexibility index (Phi) is 6.46. The van der Waals surface area contributed by atoms with Gasteiger partial charge in [0.1, 0.15) is 0 Å². The molecule has 0 aliphatic heterocycles. The molecule has 0 amide bonds. The van der Waals surface area contributed by atoms with Crippen molar-refractivity contribution in [3.63, 3.8) is 0 Å². The summed E-state index contributed by atoms with van der Waals surface area (Å²) in [6.45, 7) is 1.09. The Labute approximate surface area is 145 Å². The van der Waals surface area contributed by atoms with Crippen LogP contribution in [0.3, 0.4) is 0 Å². The fourth-order valence-corrected chi connectivity index (χ4v) is 2.53. The summed E-state index contributed by atoms with van der Waals surface area (Å²) in [6.07, 6.45) is 0. The van der Waals surface area contributed by atoms with Gasteiger partial charge in [0.25, 0.3) is 0 Å². The lowest BCUT2D eigenvalue weighted by Gasteiger charge is -2.25. The number of hydrogen-bond acceptors (Lipinski definition) is 2. The first kappa shape index (κ1) is 17.0. The molecule has 22 heavy (non-hydrogen) atoms. The van der Waals surface area contributed by atoms with Crippen LogP contribution >= 0.6 is 35.4 Å². The Balaban J connectivity index is 2.07. The molecule has 0 aromatic heterocycles. The van der Waals surface area contributed by atoms with Crippen molar-refractivity contribution in [2.75, 3.05) is 18.5 Å². The molecule has 0 radical (unpaired) electrons. The third-order valence-electron chi connectivity index (χ3n) is 3.04. The second-order valence-corrected chi connectivity index (χ2v) is 5.89. The maximum Gasteiger partial charge on any atom is 0.173 e. The molecule has 2 aromatic carbocycles. The number of aliphatic hydroxyl groups is 1. The summed E-state index contributed by atoms with van der Waals surface area (Å²) in [5, 5.41) is 13.8. The number of nitrogens with zero attached hydrogens (tertiary/aromatic N) is 1. The normalized spacial score (nSPS) is 10.3. The van der Waals surface area contributed by atoms with Gasteiger partial charge < -0.3 is 15.3 Å². The summed E-state index contributed by atoms with van der Waals surface area (Å²) in [4.78, 5) is 1.90. The zero-order valence-corrected chi connectivity index (χ0v) is 14.1. The highest BCUT2D eigenvalue weighted by molar-refractivity contribution is 7.80. The van der Waals surface area contributed by atoms with E-state index in [1.807, 2.05) is 35.2 Å². The third kappa shape index (κ3) is 4.85. The molecular weight excluding hydrogens is 339 g/mol. The fourth-order valence-electron chi connectivity index (χ4n) is 1.95. The summed E-state index contributed by atoms with van der Waals surface area (Å²) < 4.78 is 0. The number of anilines is 1. The molecular formula is C16H16Cl2N2OS. The van der Waals surface area contributed by atoms with E-state index in [0.29, 0.717) is 28.2 Å². The van der Waals surface area contributed by atoms with Gasteiger partial charge in [-0.3, -0.25) is 0 Å². The Morgan fingerprint density at radius 2 is 1.82 bits per heavy atom. The van der Waals surface area contributed by atoms with Crippen LogP contribution in [0, 0.1) is 0 Å². The van der Waals surface area contributed by atoms with Crippen molar-refractivity contribution in [2.45, 2.75) is 6.54 Å². The maximum absolute atomic E-state index is 9.24. The molecule has 0 fully saturated rings. The van der Waals surface area contributed by atoms with Gasteiger partial charge in [-0.05, 0) is 36.0 Å². The molecule has 0 unspecified atom stereocenters. The van der Waals surface area contributed by atoms with Gasteiger partial charge in [0.15, 0.2) is 5.11 Å². The monoisotopic (exact) mass is 354 g/mol. The first-order chi connectivity index (χ1) is 10.6. The highest BCUT2D eigenvalue weighted by Gasteiger charge is 2.11. The predicted octanol–water partition coefficient (Wildman–Crippen LogP) is 4.18. The Bertz CT molecular complexity index is 637. The molecule has 2 N–H and O–H groups in total. The summed E-state index contributed by atoms with van der Waals surface area (Å²) in [6, 6.07) is 15.2. The quantitative estimate of drug-likeness (QED) is 0.789. The molecule has 0 aliphatic carbocycles. The zero-order chi connectivity index (χ0) is 15.9. The predicted molar refractivity (Wildman–Crippen MR) is 96.6 cm³/mol. The van der Waals surface area contributed by atoms with E-state index in [9.17, 15) is 5.11 Å². The van der Waals surface area contributed by atoms with Crippen LogP contribution in [-0.2, 0) is 6.54 Å². The van der Waals surface area contributed by atoms with Gasteiger partial charge in [-0.15, -0.1) is 0 Å². The van der Waals surface area contributed by atoms with E-state index in [1.165, 1.54) is 0 Å². The summed E-state index contributed by atoms with van der Waals surface area (Å²) in [5.41, 5.74) is 1.88. The summed E-state index contributed by atoms with van der Waals surface area (Å²) >= 11 is 17.3. The van der Waals surface area contributed by atoms with E-state index in [-0.39, 0.29) is 6.61 Å². The zero-order valence-electron chi connectivity index (χ0n) is 11.8. The first-order valence-corrected chi connectivity index (χ1v) is 7.92. The van der Waals surface area contributed by atoms with Gasteiger partial charge in [-0.1, -0.05) is 53.5 Å². The van der Waals surface area contributed by atoms with Gasteiger partial charge in [0, 0.05) is 18.8 Å². The van der Waals surface area contributed by atoms with Crippen LogP contribution in [0.25, 0.3) is 0 Å². The number of thiocarbonyl (C=S) groups is 1. The number of nitrogens with one attached hydrogen (secondary N) is 1. The van der Waals surface area contributed by atoms with Crippen molar-refractivity contribution in [1.29, 1.82) is 0 Å². The minimum atomic E-state index is 0.0238. The number of benzene rings is 2. The number of hydrogen-bond donors (Lipinski definition) is 2. The molecule has 6 heteroatoms. The number of halogens is 2. The second kappa shape index (κ2) is 8.34. The van der Waals surface area contributed by atoms with Crippen molar-refractivity contribution in [2.24, 2.45) is 0 Å². The lowest BCUT2D eigenvalue weighted by atomic mass is 10.2. The SMILES string of the molecule is OCCN(Cc1ccccc1)C(=S)Nc1ccc(Cl)c(Cl)c1. The van der Waals surface area contributed by atoms with E-state index in [2.05, 4.69) is 5.32 Å². The number of aliphatic hydroxyl groups excluding tert-OH is 1. The Hall–Kier alpha value is -1.33. The van der Waals surface area contributed by atoms with Crippen LogP contribution in [0.1, 0.15) is 5.56 Å². The van der Waals surface area contributed by atoms with Crippen molar-refractivity contribution in [3.8, 4) is 0 Å². The highest BCUT2D eigenvalue weighted by Crippen LogP contribution is 2.25. The van der Waals surface area contributed by atoms with Gasteiger partial charge in [0.05, 0.1) is 16.7 Å². The van der Waals surface area contributed by atoms with Crippen LogP contribution in [0.5, 0.6) is 0 Å². The van der Waals surface area contributed by atoms with Crippen molar-refractivity contribution < 1.29 is 5.11 Å². The highest BCUT2D eigenvalue weighted by atomic mass is 35.5. The number of rotatable bonds is 5. The molecule has 0 heterocycles. The third-order valence-corrected chi connectivity index (χ3v) is 4.14. The maximum atomic E-state index is 9.24. The van der Waals surface area contributed by atoms with Crippen LogP contribution < -0.4 is 5.32 Å². The van der Waals surface area contributed by atoms with Crippen molar-refractivity contribution in [3.05, 3.63) is 64.1 Å². The van der Waals surface area contributed by atoms with Crippen LogP contribution in [0.4, 0.5) is 5.69 Å². The van der Waals surface area contributed by atoms with E-state index in [0.717, 1.165) is 11.3 Å². The van der Waals surface area contributed by atoms with E-state index in [1.54, 1.807) is 18.2 Å². The average molecular weight is 355 g/mol. The summed E-state index contributed by atoms with van der Waals surface area (Å²) in [5.74, 6) is 0. The fraction of sp³-hybridized carbons (Fsp3) is 0.188. The molecule has 2 aromatic rings. The van der Waals surface area contributed by atoms with E-state index < -0.39 is 0 Å². The summed E-state index contributed by atoms with van der Waals surface area (Å²) in [7, 11) is 0. The smallest absolute Gasteiger partial charge is 0.173 e. The molecule has 0 spiro atoms. The largest absolute Gasteiger partial charge is 0.395 e. The molecule has 0 aliphatic rings. The topological polar surface area (TPSA) is 35.5 Å². The average Bonchev–Trinajstić information content (AvgIpc) is 2.51. The Morgan fingerprint density at radius 1 is 1.09 bits per heavy atom. The van der Waals surface area contributed by atoms with Gasteiger partial charge in [-0.2, -0.15) is 0 Å². The first-order valence-electron chi connectivity index (χ1n) is 6.76. The molecule has 116 valence electrons. The molecule has 2 rings (SSSR count).